The normalized spacial score (nSPS) is 12.8. The third-order valence-electron chi connectivity index (χ3n) is 5.15. The maximum Gasteiger partial charge on any atom is 0.417 e. The first-order valence-electron chi connectivity index (χ1n) is 10.1. The summed E-state index contributed by atoms with van der Waals surface area (Å²) in [4.78, 5) is 15.8. The molecule has 0 fully saturated rings. The molecule has 4 rings (SSSR count). The summed E-state index contributed by atoms with van der Waals surface area (Å²) >= 11 is 1.60. The number of ether oxygens (including phenoxy) is 2. The summed E-state index contributed by atoms with van der Waals surface area (Å²) in [5, 5.41) is 8.91. The number of carboxylic acids is 1. The van der Waals surface area contributed by atoms with Crippen LogP contribution in [0.2, 0.25) is 0 Å². The number of benzene rings is 2. The standard InChI is InChI=1S/C24H20F3NO4S/c1-14-10-20(23-18(8-9-31-23)22(14)32-12-21(29)30)33-13-15-2-4-16(5-3-15)19-7-6-17(11-28-19)24(25,26)27/h2-7,10-11H,8-9,12-13H2,1H3,(H,29,30). The van der Waals surface area contributed by atoms with Crippen LogP contribution < -0.4 is 9.47 Å². The van der Waals surface area contributed by atoms with Crippen LogP contribution in [-0.2, 0) is 23.1 Å². The smallest absolute Gasteiger partial charge is 0.417 e. The molecule has 1 N–H and O–H groups in total. The van der Waals surface area contributed by atoms with Crippen molar-refractivity contribution in [2.45, 2.75) is 30.2 Å². The fraction of sp³-hybridized carbons (Fsp3) is 0.250. The quantitative estimate of drug-likeness (QED) is 0.438. The predicted molar refractivity (Wildman–Crippen MR) is 118 cm³/mol. The van der Waals surface area contributed by atoms with E-state index < -0.39 is 24.3 Å². The fourth-order valence-electron chi connectivity index (χ4n) is 3.57. The molecule has 0 atom stereocenters. The molecule has 9 heteroatoms. The van der Waals surface area contributed by atoms with E-state index >= 15 is 0 Å². The highest BCUT2D eigenvalue weighted by Gasteiger charge is 2.30. The Morgan fingerprint density at radius 2 is 1.97 bits per heavy atom. The van der Waals surface area contributed by atoms with Crippen LogP contribution >= 0.6 is 11.8 Å². The van der Waals surface area contributed by atoms with Gasteiger partial charge in [0.1, 0.15) is 11.5 Å². The van der Waals surface area contributed by atoms with Crippen molar-refractivity contribution in [1.82, 2.24) is 4.98 Å². The van der Waals surface area contributed by atoms with Gasteiger partial charge in [-0.2, -0.15) is 13.2 Å². The molecule has 0 unspecified atom stereocenters. The Morgan fingerprint density at radius 3 is 2.61 bits per heavy atom. The minimum absolute atomic E-state index is 0.403. The Morgan fingerprint density at radius 1 is 1.21 bits per heavy atom. The van der Waals surface area contributed by atoms with E-state index in [0.29, 0.717) is 30.2 Å². The Labute approximate surface area is 192 Å². The van der Waals surface area contributed by atoms with E-state index in [1.165, 1.54) is 6.07 Å². The Hall–Kier alpha value is -3.20. The number of thioether (sulfide) groups is 1. The van der Waals surface area contributed by atoms with Crippen molar-refractivity contribution >= 4 is 17.7 Å². The second-order valence-corrected chi connectivity index (χ2v) is 8.54. The lowest BCUT2D eigenvalue weighted by Crippen LogP contribution is -2.11. The number of fused-ring (bicyclic) bond motifs is 1. The van der Waals surface area contributed by atoms with Crippen molar-refractivity contribution in [3.63, 3.8) is 0 Å². The lowest BCUT2D eigenvalue weighted by molar-refractivity contribution is -0.139. The number of hydrogen-bond donors (Lipinski definition) is 1. The molecule has 0 spiro atoms. The number of carbonyl (C=O) groups is 1. The van der Waals surface area contributed by atoms with Gasteiger partial charge in [0.15, 0.2) is 6.61 Å². The molecule has 0 aliphatic carbocycles. The molecule has 0 radical (unpaired) electrons. The Kier molecular flexibility index (Phi) is 6.51. The van der Waals surface area contributed by atoms with Gasteiger partial charge in [-0.25, -0.2) is 4.79 Å². The number of alkyl halides is 3. The van der Waals surface area contributed by atoms with E-state index in [9.17, 15) is 18.0 Å². The second-order valence-electron chi connectivity index (χ2n) is 7.52. The van der Waals surface area contributed by atoms with Gasteiger partial charge in [-0.05, 0) is 36.2 Å². The minimum Gasteiger partial charge on any atom is -0.492 e. The minimum atomic E-state index is -4.41. The molecule has 1 aliphatic heterocycles. The van der Waals surface area contributed by atoms with Crippen molar-refractivity contribution in [2.75, 3.05) is 13.2 Å². The van der Waals surface area contributed by atoms with Gasteiger partial charge < -0.3 is 14.6 Å². The molecule has 33 heavy (non-hydrogen) atoms. The van der Waals surface area contributed by atoms with Gasteiger partial charge in [-0.3, -0.25) is 4.98 Å². The van der Waals surface area contributed by atoms with E-state index in [1.54, 1.807) is 11.8 Å². The highest BCUT2D eigenvalue weighted by Crippen LogP contribution is 2.44. The summed E-state index contributed by atoms with van der Waals surface area (Å²) in [5.74, 6) is 0.931. The van der Waals surface area contributed by atoms with E-state index in [1.807, 2.05) is 37.3 Å². The number of aryl methyl sites for hydroxylation is 1. The number of hydrogen-bond acceptors (Lipinski definition) is 5. The first-order valence-corrected chi connectivity index (χ1v) is 11.1. The van der Waals surface area contributed by atoms with E-state index in [4.69, 9.17) is 14.6 Å². The Bertz CT molecular complexity index is 1160. The van der Waals surface area contributed by atoms with E-state index in [0.717, 1.165) is 45.2 Å². The van der Waals surface area contributed by atoms with Crippen molar-refractivity contribution < 1.29 is 32.5 Å². The summed E-state index contributed by atoms with van der Waals surface area (Å²) in [5.41, 5.74) is 3.21. The van der Waals surface area contributed by atoms with Crippen molar-refractivity contribution in [3.05, 3.63) is 70.9 Å². The molecule has 1 aromatic heterocycles. The second kappa shape index (κ2) is 9.35. The zero-order valence-electron chi connectivity index (χ0n) is 17.6. The molecule has 3 aromatic rings. The highest BCUT2D eigenvalue weighted by atomic mass is 32.2. The number of nitrogens with zero attached hydrogens (tertiary/aromatic N) is 1. The van der Waals surface area contributed by atoms with Gasteiger partial charge in [0.2, 0.25) is 0 Å². The Balaban J connectivity index is 1.46. The number of aromatic nitrogens is 1. The van der Waals surface area contributed by atoms with E-state index in [2.05, 4.69) is 4.98 Å². The van der Waals surface area contributed by atoms with Crippen LogP contribution in [-0.4, -0.2) is 29.3 Å². The number of halogens is 3. The highest BCUT2D eigenvalue weighted by molar-refractivity contribution is 7.98. The largest absolute Gasteiger partial charge is 0.492 e. The molecular formula is C24H20F3NO4S. The van der Waals surface area contributed by atoms with Crippen LogP contribution in [0.25, 0.3) is 11.3 Å². The maximum atomic E-state index is 12.7. The van der Waals surface area contributed by atoms with Crippen LogP contribution in [0.5, 0.6) is 11.5 Å². The number of aliphatic carboxylic acids is 1. The molecule has 0 amide bonds. The number of carboxylic acid groups (broad SMARTS) is 1. The van der Waals surface area contributed by atoms with Gasteiger partial charge in [0.25, 0.3) is 0 Å². The number of rotatable bonds is 7. The first kappa shape index (κ1) is 23.0. The van der Waals surface area contributed by atoms with E-state index in [-0.39, 0.29) is 0 Å². The third kappa shape index (κ3) is 5.24. The summed E-state index contributed by atoms with van der Waals surface area (Å²) < 4.78 is 49.4. The van der Waals surface area contributed by atoms with Crippen molar-refractivity contribution in [1.29, 1.82) is 0 Å². The maximum absolute atomic E-state index is 12.7. The monoisotopic (exact) mass is 475 g/mol. The fourth-order valence-corrected chi connectivity index (χ4v) is 4.65. The molecule has 2 aromatic carbocycles. The van der Waals surface area contributed by atoms with Crippen molar-refractivity contribution in [3.8, 4) is 22.8 Å². The lowest BCUT2D eigenvalue weighted by Gasteiger charge is -2.15. The predicted octanol–water partition coefficient (Wildman–Crippen LogP) is 5.77. The van der Waals surface area contributed by atoms with Crippen molar-refractivity contribution in [2.24, 2.45) is 0 Å². The van der Waals surface area contributed by atoms with Crippen LogP contribution in [0.15, 0.2) is 53.6 Å². The summed E-state index contributed by atoms with van der Waals surface area (Å²) in [6.07, 6.45) is -2.91. The molecule has 1 aliphatic rings. The topological polar surface area (TPSA) is 68.7 Å². The summed E-state index contributed by atoms with van der Waals surface area (Å²) in [6, 6.07) is 11.8. The van der Waals surface area contributed by atoms with Crippen LogP contribution in [0.1, 0.15) is 22.3 Å². The zero-order valence-corrected chi connectivity index (χ0v) is 18.4. The lowest BCUT2D eigenvalue weighted by atomic mass is 10.1. The van der Waals surface area contributed by atoms with Gasteiger partial charge in [-0.15, -0.1) is 11.8 Å². The molecule has 2 heterocycles. The SMILES string of the molecule is Cc1cc(SCc2ccc(-c3ccc(C(F)(F)F)cn3)cc2)c2c(c1OCC(=O)O)CCO2. The molecular weight excluding hydrogens is 455 g/mol. The molecule has 0 saturated carbocycles. The third-order valence-corrected chi connectivity index (χ3v) is 6.24. The molecule has 172 valence electrons. The van der Waals surface area contributed by atoms with Gasteiger partial charge in [-0.1, -0.05) is 24.3 Å². The van der Waals surface area contributed by atoms with Crippen LogP contribution in [0, 0.1) is 6.92 Å². The first-order chi connectivity index (χ1) is 15.7. The average Bonchev–Trinajstić information content (AvgIpc) is 3.27. The number of pyridine rings is 1. The van der Waals surface area contributed by atoms with Gasteiger partial charge in [0.05, 0.1) is 22.8 Å². The van der Waals surface area contributed by atoms with Crippen LogP contribution in [0.4, 0.5) is 13.2 Å². The molecule has 0 saturated heterocycles. The summed E-state index contributed by atoms with van der Waals surface area (Å²) in [7, 11) is 0. The molecule has 0 bridgehead atoms. The summed E-state index contributed by atoms with van der Waals surface area (Å²) in [6.45, 7) is 2.00. The van der Waals surface area contributed by atoms with Gasteiger partial charge in [0, 0.05) is 29.5 Å². The molecule has 5 nitrogen and oxygen atoms in total. The average molecular weight is 475 g/mol. The van der Waals surface area contributed by atoms with Gasteiger partial charge >= 0.3 is 12.1 Å². The zero-order chi connectivity index (χ0) is 23.6. The van der Waals surface area contributed by atoms with Crippen LogP contribution in [0.3, 0.4) is 0 Å².